The van der Waals surface area contributed by atoms with Gasteiger partial charge in [-0.2, -0.15) is 0 Å². The number of Topliss-reactive ketones (excluding diaryl/α,β-unsaturated/α-hetero) is 1. The topological polar surface area (TPSA) is 41.5 Å². The molecule has 2 rings (SSSR count). The SMILES string of the molecule is CCC1(CC)CN=C(Nc2ccc(C(C)=O)cc2)SC1. The minimum Gasteiger partial charge on any atom is -0.335 e. The average molecular weight is 290 g/mol. The molecule has 20 heavy (non-hydrogen) atoms. The van der Waals surface area contributed by atoms with E-state index in [1.165, 1.54) is 12.8 Å². The minimum atomic E-state index is 0.0941. The van der Waals surface area contributed by atoms with Crippen LogP contribution in [0.5, 0.6) is 0 Å². The van der Waals surface area contributed by atoms with Gasteiger partial charge in [-0.25, -0.2) is 0 Å². The molecule has 1 aromatic rings. The first-order valence-electron chi connectivity index (χ1n) is 7.14. The lowest BCUT2D eigenvalue weighted by Crippen LogP contribution is -2.32. The lowest BCUT2D eigenvalue weighted by molar-refractivity contribution is 0.101. The molecule has 0 unspecified atom stereocenters. The molecule has 0 bridgehead atoms. The number of aliphatic imine (C=N–C) groups is 1. The zero-order valence-corrected chi connectivity index (χ0v) is 13.2. The van der Waals surface area contributed by atoms with Gasteiger partial charge < -0.3 is 5.32 Å². The fourth-order valence-corrected chi connectivity index (χ4v) is 3.51. The molecule has 0 atom stereocenters. The molecule has 1 aliphatic heterocycles. The molecule has 0 aliphatic carbocycles. The Balaban J connectivity index is 2.01. The van der Waals surface area contributed by atoms with Gasteiger partial charge in [0.2, 0.25) is 0 Å². The van der Waals surface area contributed by atoms with Crippen LogP contribution in [0.3, 0.4) is 0 Å². The lowest BCUT2D eigenvalue weighted by atomic mass is 9.84. The largest absolute Gasteiger partial charge is 0.335 e. The van der Waals surface area contributed by atoms with E-state index in [1.54, 1.807) is 18.7 Å². The summed E-state index contributed by atoms with van der Waals surface area (Å²) in [6, 6.07) is 7.56. The first kappa shape index (κ1) is 15.1. The van der Waals surface area contributed by atoms with E-state index in [-0.39, 0.29) is 5.78 Å². The predicted molar refractivity (Wildman–Crippen MR) is 87.8 cm³/mol. The van der Waals surface area contributed by atoms with Crippen molar-refractivity contribution in [1.29, 1.82) is 0 Å². The van der Waals surface area contributed by atoms with Crippen LogP contribution in [0.1, 0.15) is 44.0 Å². The molecule has 1 aromatic carbocycles. The summed E-state index contributed by atoms with van der Waals surface area (Å²) >= 11 is 1.80. The molecule has 3 nitrogen and oxygen atoms in total. The Labute approximate surface area is 125 Å². The Kier molecular flexibility index (Phi) is 4.86. The summed E-state index contributed by atoms with van der Waals surface area (Å²) in [6.07, 6.45) is 2.36. The summed E-state index contributed by atoms with van der Waals surface area (Å²) < 4.78 is 0. The number of anilines is 1. The van der Waals surface area contributed by atoms with E-state index in [2.05, 4.69) is 24.2 Å². The van der Waals surface area contributed by atoms with Gasteiger partial charge in [-0.15, -0.1) is 0 Å². The highest BCUT2D eigenvalue weighted by atomic mass is 32.2. The predicted octanol–water partition coefficient (Wildman–Crippen LogP) is 4.21. The molecular weight excluding hydrogens is 268 g/mol. The smallest absolute Gasteiger partial charge is 0.161 e. The van der Waals surface area contributed by atoms with E-state index in [0.29, 0.717) is 5.41 Å². The van der Waals surface area contributed by atoms with E-state index in [0.717, 1.165) is 28.7 Å². The molecule has 1 aliphatic rings. The summed E-state index contributed by atoms with van der Waals surface area (Å²) in [5.74, 6) is 1.22. The molecular formula is C16H22N2OS. The lowest BCUT2D eigenvalue weighted by Gasteiger charge is -2.33. The van der Waals surface area contributed by atoms with Crippen molar-refractivity contribution >= 4 is 28.4 Å². The van der Waals surface area contributed by atoms with Crippen molar-refractivity contribution in [3.8, 4) is 0 Å². The Morgan fingerprint density at radius 3 is 2.40 bits per heavy atom. The number of benzene rings is 1. The van der Waals surface area contributed by atoms with Crippen molar-refractivity contribution in [2.45, 2.75) is 33.6 Å². The normalized spacial score (nSPS) is 17.4. The third kappa shape index (κ3) is 3.42. The van der Waals surface area contributed by atoms with Crippen LogP contribution in [0.2, 0.25) is 0 Å². The summed E-state index contributed by atoms with van der Waals surface area (Å²) in [4.78, 5) is 15.9. The van der Waals surface area contributed by atoms with Crippen molar-refractivity contribution in [2.75, 3.05) is 17.6 Å². The second-order valence-corrected chi connectivity index (χ2v) is 6.34. The Morgan fingerprint density at radius 1 is 1.30 bits per heavy atom. The number of thioether (sulfide) groups is 1. The second kappa shape index (κ2) is 6.44. The van der Waals surface area contributed by atoms with Gasteiger partial charge in [0.25, 0.3) is 0 Å². The number of hydrogen-bond acceptors (Lipinski definition) is 4. The maximum atomic E-state index is 11.2. The van der Waals surface area contributed by atoms with E-state index in [1.807, 2.05) is 24.3 Å². The van der Waals surface area contributed by atoms with Crippen LogP contribution in [0.15, 0.2) is 29.3 Å². The Bertz CT molecular complexity index is 504. The number of ketones is 1. The van der Waals surface area contributed by atoms with Crippen LogP contribution in [-0.2, 0) is 0 Å². The third-order valence-corrected chi connectivity index (χ3v) is 5.38. The van der Waals surface area contributed by atoms with Crippen LogP contribution in [-0.4, -0.2) is 23.2 Å². The van der Waals surface area contributed by atoms with Crippen LogP contribution >= 0.6 is 11.8 Å². The molecule has 0 spiro atoms. The first-order chi connectivity index (χ1) is 9.58. The number of carbonyl (C=O) groups is 1. The molecule has 1 N–H and O–H groups in total. The number of amidine groups is 1. The van der Waals surface area contributed by atoms with Crippen molar-refractivity contribution in [3.05, 3.63) is 29.8 Å². The first-order valence-corrected chi connectivity index (χ1v) is 8.12. The summed E-state index contributed by atoms with van der Waals surface area (Å²) in [5.41, 5.74) is 2.10. The number of nitrogens with zero attached hydrogens (tertiary/aromatic N) is 1. The second-order valence-electron chi connectivity index (χ2n) is 5.38. The van der Waals surface area contributed by atoms with Crippen LogP contribution in [0.4, 0.5) is 5.69 Å². The van der Waals surface area contributed by atoms with Gasteiger partial charge in [0.1, 0.15) is 0 Å². The maximum Gasteiger partial charge on any atom is 0.161 e. The van der Waals surface area contributed by atoms with E-state index in [9.17, 15) is 4.79 Å². The average Bonchev–Trinajstić information content (AvgIpc) is 2.49. The van der Waals surface area contributed by atoms with Crippen molar-refractivity contribution < 1.29 is 4.79 Å². The summed E-state index contributed by atoms with van der Waals surface area (Å²) in [7, 11) is 0. The zero-order valence-electron chi connectivity index (χ0n) is 12.4. The van der Waals surface area contributed by atoms with Gasteiger partial charge in [-0.3, -0.25) is 9.79 Å². The monoisotopic (exact) mass is 290 g/mol. The molecule has 108 valence electrons. The van der Waals surface area contributed by atoms with Gasteiger partial charge in [-0.1, -0.05) is 25.6 Å². The van der Waals surface area contributed by atoms with Crippen molar-refractivity contribution in [3.63, 3.8) is 0 Å². The summed E-state index contributed by atoms with van der Waals surface area (Å²) in [6.45, 7) is 6.98. The highest BCUT2D eigenvalue weighted by molar-refractivity contribution is 8.14. The van der Waals surface area contributed by atoms with Crippen molar-refractivity contribution in [2.24, 2.45) is 10.4 Å². The standard InChI is InChI=1S/C16H22N2OS/c1-4-16(5-2)10-17-15(20-11-16)18-14-8-6-13(7-9-14)12(3)19/h6-9H,4-5,10-11H2,1-3H3,(H,17,18). The van der Waals surface area contributed by atoms with Gasteiger partial charge in [-0.05, 0) is 49.4 Å². The molecule has 0 fully saturated rings. The van der Waals surface area contributed by atoms with E-state index >= 15 is 0 Å². The van der Waals surface area contributed by atoms with Crippen LogP contribution < -0.4 is 5.32 Å². The van der Waals surface area contributed by atoms with Crippen molar-refractivity contribution in [1.82, 2.24) is 0 Å². The molecule has 0 aromatic heterocycles. The van der Waals surface area contributed by atoms with Crippen LogP contribution in [0, 0.1) is 5.41 Å². The zero-order chi connectivity index (χ0) is 14.6. The van der Waals surface area contributed by atoms with Gasteiger partial charge in [0.05, 0.1) is 0 Å². The van der Waals surface area contributed by atoms with E-state index in [4.69, 9.17) is 0 Å². The highest BCUT2D eigenvalue weighted by Gasteiger charge is 2.30. The molecule has 0 amide bonds. The Morgan fingerprint density at radius 2 is 1.95 bits per heavy atom. The number of rotatable bonds is 4. The molecule has 4 heteroatoms. The molecule has 1 heterocycles. The highest BCUT2D eigenvalue weighted by Crippen LogP contribution is 2.35. The molecule has 0 saturated heterocycles. The fraction of sp³-hybridized carbons (Fsp3) is 0.500. The van der Waals surface area contributed by atoms with Gasteiger partial charge >= 0.3 is 0 Å². The fourth-order valence-electron chi connectivity index (χ4n) is 2.22. The van der Waals surface area contributed by atoms with Gasteiger partial charge in [0.15, 0.2) is 11.0 Å². The third-order valence-electron chi connectivity index (χ3n) is 4.12. The quantitative estimate of drug-likeness (QED) is 0.845. The number of nitrogens with one attached hydrogen (secondary N) is 1. The maximum absolute atomic E-state index is 11.2. The van der Waals surface area contributed by atoms with E-state index < -0.39 is 0 Å². The molecule has 0 saturated carbocycles. The number of hydrogen-bond donors (Lipinski definition) is 1. The Hall–Kier alpha value is -1.29. The minimum absolute atomic E-state index is 0.0941. The molecule has 0 radical (unpaired) electrons. The summed E-state index contributed by atoms with van der Waals surface area (Å²) in [5, 5.41) is 4.32. The van der Waals surface area contributed by atoms with Crippen LogP contribution in [0.25, 0.3) is 0 Å². The van der Waals surface area contributed by atoms with Gasteiger partial charge in [0, 0.05) is 23.5 Å². The number of carbonyl (C=O) groups excluding carboxylic acids is 1.